The van der Waals surface area contributed by atoms with Crippen LogP contribution in [0.3, 0.4) is 0 Å². The molecule has 0 spiro atoms. The van der Waals surface area contributed by atoms with Crippen molar-refractivity contribution in [3.8, 4) is 0 Å². The average molecular weight is 255 g/mol. The number of hydrogen-bond donors (Lipinski definition) is 3. The Balaban J connectivity index is 2.41. The zero-order valence-electron chi connectivity index (χ0n) is 9.72. The van der Waals surface area contributed by atoms with Crippen LogP contribution in [0.1, 0.15) is 5.56 Å². The summed E-state index contributed by atoms with van der Waals surface area (Å²) in [5.41, 5.74) is 1.13. The van der Waals surface area contributed by atoms with Crippen LogP contribution in [0.15, 0.2) is 29.2 Å². The first-order valence-electron chi connectivity index (χ1n) is 5.37. The number of hydrogen-bond acceptors (Lipinski definition) is 4. The van der Waals surface area contributed by atoms with E-state index in [-0.39, 0.29) is 24.9 Å². The Labute approximate surface area is 105 Å². The maximum Gasteiger partial charge on any atom is 0.230 e. The molecule has 1 aromatic rings. The van der Waals surface area contributed by atoms with E-state index in [1.807, 2.05) is 31.2 Å². The molecule has 4 nitrogen and oxygen atoms in total. The van der Waals surface area contributed by atoms with Gasteiger partial charge in [-0.1, -0.05) is 18.2 Å². The zero-order valence-corrected chi connectivity index (χ0v) is 10.5. The quantitative estimate of drug-likeness (QED) is 0.650. The molecule has 0 saturated carbocycles. The van der Waals surface area contributed by atoms with Crippen molar-refractivity contribution in [2.45, 2.75) is 17.9 Å². The van der Waals surface area contributed by atoms with Crippen molar-refractivity contribution in [2.24, 2.45) is 0 Å². The van der Waals surface area contributed by atoms with Gasteiger partial charge in [-0.2, -0.15) is 0 Å². The molecular formula is C12H17NO3S. The molecular weight excluding hydrogens is 238 g/mol. The number of nitrogens with one attached hydrogen (secondary N) is 1. The molecule has 0 aliphatic heterocycles. The Hall–Kier alpha value is -1.04. The van der Waals surface area contributed by atoms with Crippen molar-refractivity contribution in [3.05, 3.63) is 29.8 Å². The van der Waals surface area contributed by atoms with Crippen LogP contribution in [-0.4, -0.2) is 41.1 Å². The number of rotatable bonds is 6. The lowest BCUT2D eigenvalue weighted by atomic mass is 10.2. The van der Waals surface area contributed by atoms with Gasteiger partial charge in [0.25, 0.3) is 0 Å². The third kappa shape index (κ3) is 4.77. The maximum atomic E-state index is 11.5. The van der Waals surface area contributed by atoms with Crippen LogP contribution < -0.4 is 5.32 Å². The van der Waals surface area contributed by atoms with Crippen molar-refractivity contribution >= 4 is 17.7 Å². The zero-order chi connectivity index (χ0) is 12.7. The van der Waals surface area contributed by atoms with Crippen LogP contribution in [0.5, 0.6) is 0 Å². The van der Waals surface area contributed by atoms with Crippen LogP contribution >= 0.6 is 11.8 Å². The largest absolute Gasteiger partial charge is 0.394 e. The topological polar surface area (TPSA) is 69.6 Å². The molecule has 3 N–H and O–H groups in total. The second-order valence-electron chi connectivity index (χ2n) is 3.68. The van der Waals surface area contributed by atoms with Crippen LogP contribution in [0.25, 0.3) is 0 Å². The van der Waals surface area contributed by atoms with Gasteiger partial charge in [0.05, 0.1) is 25.0 Å². The molecule has 0 aliphatic rings. The molecule has 0 fully saturated rings. The highest BCUT2D eigenvalue weighted by Gasteiger charge is 2.10. The van der Waals surface area contributed by atoms with E-state index in [0.29, 0.717) is 0 Å². The number of amides is 1. The summed E-state index contributed by atoms with van der Waals surface area (Å²) in [5.74, 6) is 0.0906. The van der Waals surface area contributed by atoms with Gasteiger partial charge in [-0.25, -0.2) is 0 Å². The van der Waals surface area contributed by atoms with Gasteiger partial charge < -0.3 is 15.5 Å². The van der Waals surface area contributed by atoms with Crippen molar-refractivity contribution in [3.63, 3.8) is 0 Å². The fourth-order valence-electron chi connectivity index (χ4n) is 1.28. The summed E-state index contributed by atoms with van der Waals surface area (Å²) in [6, 6.07) is 7.26. The van der Waals surface area contributed by atoms with E-state index in [2.05, 4.69) is 5.32 Å². The average Bonchev–Trinajstić information content (AvgIpc) is 2.35. The minimum Gasteiger partial charge on any atom is -0.394 e. The van der Waals surface area contributed by atoms with Gasteiger partial charge in [0.1, 0.15) is 0 Å². The molecule has 0 unspecified atom stereocenters. The summed E-state index contributed by atoms with van der Waals surface area (Å²) in [6.07, 6.45) is 0. The van der Waals surface area contributed by atoms with E-state index in [1.54, 1.807) is 0 Å². The fraction of sp³-hybridized carbons (Fsp3) is 0.417. The lowest BCUT2D eigenvalue weighted by Gasteiger charge is -2.13. The lowest BCUT2D eigenvalue weighted by Crippen LogP contribution is -2.40. The first-order valence-corrected chi connectivity index (χ1v) is 6.35. The third-order valence-corrected chi connectivity index (χ3v) is 3.43. The van der Waals surface area contributed by atoms with Gasteiger partial charge >= 0.3 is 0 Å². The van der Waals surface area contributed by atoms with Crippen LogP contribution in [0, 0.1) is 6.92 Å². The normalized spacial score (nSPS) is 10.6. The molecule has 0 aromatic heterocycles. The summed E-state index contributed by atoms with van der Waals surface area (Å²) >= 11 is 1.44. The predicted molar refractivity (Wildman–Crippen MR) is 68.0 cm³/mol. The van der Waals surface area contributed by atoms with E-state index in [0.717, 1.165) is 10.5 Å². The Bertz CT molecular complexity index is 367. The second kappa shape index (κ2) is 7.32. The molecule has 94 valence electrons. The number of aliphatic hydroxyl groups excluding tert-OH is 2. The summed E-state index contributed by atoms with van der Waals surface area (Å²) in [5, 5.41) is 20.2. The standard InChI is InChI=1S/C12H17NO3S/c1-9-4-2-3-5-11(9)17-8-12(16)13-10(6-14)7-15/h2-5,10,14-15H,6-8H2,1H3,(H,13,16). The number of carbonyl (C=O) groups is 1. The van der Waals surface area contributed by atoms with Crippen LogP contribution in [0.2, 0.25) is 0 Å². The van der Waals surface area contributed by atoms with E-state index in [4.69, 9.17) is 10.2 Å². The summed E-state index contributed by atoms with van der Waals surface area (Å²) in [4.78, 5) is 12.6. The SMILES string of the molecule is Cc1ccccc1SCC(=O)NC(CO)CO. The van der Waals surface area contributed by atoms with Crippen molar-refractivity contribution < 1.29 is 15.0 Å². The van der Waals surface area contributed by atoms with E-state index < -0.39 is 6.04 Å². The van der Waals surface area contributed by atoms with Crippen LogP contribution in [-0.2, 0) is 4.79 Å². The van der Waals surface area contributed by atoms with E-state index in [9.17, 15) is 4.79 Å². The van der Waals surface area contributed by atoms with Crippen LogP contribution in [0.4, 0.5) is 0 Å². The van der Waals surface area contributed by atoms with Crippen molar-refractivity contribution in [2.75, 3.05) is 19.0 Å². The number of aliphatic hydroxyl groups is 2. The Morgan fingerprint density at radius 3 is 2.59 bits per heavy atom. The minimum atomic E-state index is -0.569. The van der Waals surface area contributed by atoms with E-state index >= 15 is 0 Å². The summed E-state index contributed by atoms with van der Waals surface area (Å²) in [6.45, 7) is 1.49. The molecule has 1 amide bonds. The minimum absolute atomic E-state index is 0.189. The third-order valence-electron chi connectivity index (χ3n) is 2.26. The molecule has 0 aliphatic carbocycles. The van der Waals surface area contributed by atoms with Gasteiger partial charge in [0.15, 0.2) is 0 Å². The van der Waals surface area contributed by atoms with Gasteiger partial charge in [0.2, 0.25) is 5.91 Å². The summed E-state index contributed by atoms with van der Waals surface area (Å²) < 4.78 is 0. The van der Waals surface area contributed by atoms with Gasteiger partial charge in [-0.05, 0) is 18.6 Å². The molecule has 1 rings (SSSR count). The highest BCUT2D eigenvalue weighted by Crippen LogP contribution is 2.21. The highest BCUT2D eigenvalue weighted by molar-refractivity contribution is 8.00. The van der Waals surface area contributed by atoms with E-state index in [1.165, 1.54) is 11.8 Å². The highest BCUT2D eigenvalue weighted by atomic mass is 32.2. The Kier molecular flexibility index (Phi) is 6.04. The molecule has 5 heteroatoms. The molecule has 0 saturated heterocycles. The van der Waals surface area contributed by atoms with Gasteiger partial charge in [-0.3, -0.25) is 4.79 Å². The molecule has 0 radical (unpaired) electrons. The number of benzene rings is 1. The summed E-state index contributed by atoms with van der Waals surface area (Å²) in [7, 11) is 0. The fourth-order valence-corrected chi connectivity index (χ4v) is 2.12. The first-order chi connectivity index (χ1) is 8.17. The first kappa shape index (κ1) is 14.0. The molecule has 17 heavy (non-hydrogen) atoms. The number of aryl methyl sites for hydroxylation is 1. The molecule has 0 heterocycles. The predicted octanol–water partition coefficient (Wildman–Crippen LogP) is 0.557. The lowest BCUT2D eigenvalue weighted by molar-refractivity contribution is -0.119. The van der Waals surface area contributed by atoms with Gasteiger partial charge in [0, 0.05) is 4.90 Å². The maximum absolute atomic E-state index is 11.5. The molecule has 0 bridgehead atoms. The Morgan fingerprint density at radius 1 is 1.35 bits per heavy atom. The Morgan fingerprint density at radius 2 is 2.00 bits per heavy atom. The van der Waals surface area contributed by atoms with Crippen molar-refractivity contribution in [1.82, 2.24) is 5.32 Å². The molecule has 0 atom stereocenters. The number of carbonyl (C=O) groups excluding carboxylic acids is 1. The molecule has 1 aromatic carbocycles. The monoisotopic (exact) mass is 255 g/mol. The van der Waals surface area contributed by atoms with Crippen molar-refractivity contribution in [1.29, 1.82) is 0 Å². The van der Waals surface area contributed by atoms with Gasteiger partial charge in [-0.15, -0.1) is 11.8 Å². The number of thioether (sulfide) groups is 1. The second-order valence-corrected chi connectivity index (χ2v) is 4.70. The smallest absolute Gasteiger partial charge is 0.230 e.